The largest absolute Gasteiger partial charge is 0.354 e. The standard InChI is InChI=1S/C20H31N3O2S/c1-16-8-6-9-17(2)23(16)20(14-18-10-4-3-5-11-18)22-26(24,25)19-12-7-13-21-15-19/h7,12-13,15-18H,3-6,8-11,14H2,1-2H3/b22-20+/t16-,17+. The van der Waals surface area contributed by atoms with Crippen LogP contribution in [0.25, 0.3) is 0 Å². The van der Waals surface area contributed by atoms with Gasteiger partial charge in [0.05, 0.1) is 0 Å². The molecule has 2 fully saturated rings. The molecular formula is C20H31N3O2S. The molecule has 2 heterocycles. The van der Waals surface area contributed by atoms with Gasteiger partial charge in [0.25, 0.3) is 10.0 Å². The van der Waals surface area contributed by atoms with Crippen LogP contribution in [0.3, 0.4) is 0 Å². The normalized spacial score (nSPS) is 26.1. The summed E-state index contributed by atoms with van der Waals surface area (Å²) < 4.78 is 30.1. The fourth-order valence-electron chi connectivity index (χ4n) is 4.46. The van der Waals surface area contributed by atoms with Crippen LogP contribution in [0, 0.1) is 5.92 Å². The average Bonchev–Trinajstić information content (AvgIpc) is 2.63. The Balaban J connectivity index is 1.93. The number of hydrogen-bond acceptors (Lipinski definition) is 3. The van der Waals surface area contributed by atoms with E-state index in [4.69, 9.17) is 0 Å². The lowest BCUT2D eigenvalue weighted by atomic mass is 9.85. The number of likely N-dealkylation sites (tertiary alicyclic amines) is 1. The van der Waals surface area contributed by atoms with Crippen LogP contribution < -0.4 is 0 Å². The first-order valence-electron chi connectivity index (χ1n) is 9.99. The number of sulfonamides is 1. The van der Waals surface area contributed by atoms with Crippen molar-refractivity contribution >= 4 is 15.9 Å². The van der Waals surface area contributed by atoms with Gasteiger partial charge in [-0.1, -0.05) is 32.1 Å². The van der Waals surface area contributed by atoms with Gasteiger partial charge < -0.3 is 4.90 Å². The van der Waals surface area contributed by atoms with Crippen molar-refractivity contribution in [2.45, 2.75) is 88.6 Å². The topological polar surface area (TPSA) is 62.6 Å². The molecule has 1 aliphatic carbocycles. The van der Waals surface area contributed by atoms with Crippen LogP contribution in [0.1, 0.15) is 71.6 Å². The molecule has 1 aromatic heterocycles. The molecule has 2 atom stereocenters. The van der Waals surface area contributed by atoms with Crippen molar-refractivity contribution in [1.82, 2.24) is 9.88 Å². The van der Waals surface area contributed by atoms with Crippen LogP contribution in [0.5, 0.6) is 0 Å². The SMILES string of the molecule is C[C@@H]1CCC[C@H](C)N1/C(CC1CCCCC1)=N/S(=O)(=O)c1cccnc1. The zero-order valence-corrected chi connectivity index (χ0v) is 16.8. The molecule has 26 heavy (non-hydrogen) atoms. The summed E-state index contributed by atoms with van der Waals surface area (Å²) in [5, 5.41) is 0. The second kappa shape index (κ2) is 8.51. The molecule has 1 saturated carbocycles. The maximum atomic E-state index is 12.9. The molecule has 1 aromatic rings. The predicted molar refractivity (Wildman–Crippen MR) is 105 cm³/mol. The lowest BCUT2D eigenvalue weighted by molar-refractivity contribution is 0.184. The molecule has 0 bridgehead atoms. The Labute approximate surface area is 158 Å². The van der Waals surface area contributed by atoms with E-state index >= 15 is 0 Å². The molecule has 144 valence electrons. The van der Waals surface area contributed by atoms with Crippen LogP contribution in [0.15, 0.2) is 33.8 Å². The number of piperidine rings is 1. The molecule has 0 spiro atoms. The zero-order valence-electron chi connectivity index (χ0n) is 16.0. The molecule has 0 unspecified atom stereocenters. The number of rotatable bonds is 4. The van der Waals surface area contributed by atoms with Gasteiger partial charge in [0, 0.05) is 30.9 Å². The van der Waals surface area contributed by atoms with Crippen LogP contribution in [-0.4, -0.2) is 36.2 Å². The van der Waals surface area contributed by atoms with Gasteiger partial charge in [-0.25, -0.2) is 0 Å². The Kier molecular flexibility index (Phi) is 6.33. The van der Waals surface area contributed by atoms with Crippen LogP contribution in [0.4, 0.5) is 0 Å². The predicted octanol–water partition coefficient (Wildman–Crippen LogP) is 4.40. The summed E-state index contributed by atoms with van der Waals surface area (Å²) in [6.07, 6.45) is 13.3. The molecule has 1 saturated heterocycles. The molecular weight excluding hydrogens is 346 g/mol. The van der Waals surface area contributed by atoms with Gasteiger partial charge in [-0.3, -0.25) is 4.98 Å². The van der Waals surface area contributed by atoms with Crippen LogP contribution in [-0.2, 0) is 10.0 Å². The maximum absolute atomic E-state index is 12.9. The first-order valence-corrected chi connectivity index (χ1v) is 11.4. The van der Waals surface area contributed by atoms with Crippen molar-refractivity contribution in [2.75, 3.05) is 0 Å². The summed E-state index contributed by atoms with van der Waals surface area (Å²) in [7, 11) is -3.72. The first kappa shape index (κ1) is 19.3. The van der Waals surface area contributed by atoms with Crippen molar-refractivity contribution in [3.8, 4) is 0 Å². The summed E-state index contributed by atoms with van der Waals surface area (Å²) in [5.41, 5.74) is 0. The second-order valence-corrected chi connectivity index (χ2v) is 9.52. The monoisotopic (exact) mass is 377 g/mol. The highest BCUT2D eigenvalue weighted by Gasteiger charge is 2.31. The van der Waals surface area contributed by atoms with Gasteiger partial charge in [0.2, 0.25) is 0 Å². The van der Waals surface area contributed by atoms with E-state index in [2.05, 4.69) is 28.1 Å². The fraction of sp³-hybridized carbons (Fsp3) is 0.700. The minimum absolute atomic E-state index is 0.179. The lowest BCUT2D eigenvalue weighted by Gasteiger charge is -2.42. The van der Waals surface area contributed by atoms with E-state index in [0.717, 1.165) is 25.1 Å². The molecule has 0 N–H and O–H groups in total. The van der Waals surface area contributed by atoms with Crippen molar-refractivity contribution in [3.63, 3.8) is 0 Å². The van der Waals surface area contributed by atoms with Crippen LogP contribution in [0.2, 0.25) is 0 Å². The summed E-state index contributed by atoms with van der Waals surface area (Å²) in [5.74, 6) is 1.31. The molecule has 1 aliphatic heterocycles. The molecule has 0 aromatic carbocycles. The fourth-order valence-corrected chi connectivity index (χ4v) is 5.46. The Bertz CT molecular complexity index is 702. The van der Waals surface area contributed by atoms with E-state index in [1.54, 1.807) is 18.3 Å². The summed E-state index contributed by atoms with van der Waals surface area (Å²) in [6, 6.07) is 3.90. The Morgan fingerprint density at radius 3 is 2.42 bits per heavy atom. The quantitative estimate of drug-likeness (QED) is 0.576. The van der Waals surface area contributed by atoms with Crippen molar-refractivity contribution in [3.05, 3.63) is 24.5 Å². The van der Waals surface area contributed by atoms with Gasteiger partial charge >= 0.3 is 0 Å². The zero-order chi connectivity index (χ0) is 18.6. The average molecular weight is 378 g/mol. The maximum Gasteiger partial charge on any atom is 0.285 e. The van der Waals surface area contributed by atoms with E-state index in [0.29, 0.717) is 18.0 Å². The summed E-state index contributed by atoms with van der Waals surface area (Å²) in [4.78, 5) is 6.42. The Hall–Kier alpha value is -1.43. The van der Waals surface area contributed by atoms with Gasteiger partial charge in [0.15, 0.2) is 0 Å². The number of hydrogen-bond donors (Lipinski definition) is 0. The van der Waals surface area contributed by atoms with Gasteiger partial charge in [0.1, 0.15) is 10.7 Å². The smallest absolute Gasteiger partial charge is 0.285 e. The highest BCUT2D eigenvalue weighted by Crippen LogP contribution is 2.31. The van der Waals surface area contributed by atoms with E-state index in [-0.39, 0.29) is 4.90 Å². The first-order chi connectivity index (χ1) is 12.5. The van der Waals surface area contributed by atoms with Gasteiger partial charge in [-0.05, 0) is 51.2 Å². The molecule has 2 aliphatic rings. The third-order valence-electron chi connectivity index (χ3n) is 5.85. The molecule has 3 rings (SSSR count). The molecule has 5 nitrogen and oxygen atoms in total. The molecule has 6 heteroatoms. The minimum Gasteiger partial charge on any atom is -0.354 e. The Morgan fingerprint density at radius 1 is 1.12 bits per heavy atom. The highest BCUT2D eigenvalue weighted by molar-refractivity contribution is 7.90. The van der Waals surface area contributed by atoms with Crippen LogP contribution >= 0.6 is 0 Å². The number of pyridine rings is 1. The Morgan fingerprint density at radius 2 is 1.81 bits per heavy atom. The van der Waals surface area contributed by atoms with Gasteiger partial charge in [-0.2, -0.15) is 8.42 Å². The van der Waals surface area contributed by atoms with Crippen molar-refractivity contribution in [2.24, 2.45) is 10.3 Å². The van der Waals surface area contributed by atoms with Crippen molar-refractivity contribution < 1.29 is 8.42 Å². The lowest BCUT2D eigenvalue weighted by Crippen LogP contribution is -2.48. The molecule has 0 radical (unpaired) electrons. The van der Waals surface area contributed by atoms with E-state index in [1.807, 2.05) is 0 Å². The van der Waals surface area contributed by atoms with Gasteiger partial charge in [-0.15, -0.1) is 4.40 Å². The number of amidine groups is 1. The van der Waals surface area contributed by atoms with E-state index in [9.17, 15) is 8.42 Å². The van der Waals surface area contributed by atoms with E-state index < -0.39 is 10.0 Å². The number of aromatic nitrogens is 1. The highest BCUT2D eigenvalue weighted by atomic mass is 32.2. The molecule has 0 amide bonds. The van der Waals surface area contributed by atoms with E-state index in [1.165, 1.54) is 44.7 Å². The third kappa shape index (κ3) is 4.64. The second-order valence-electron chi connectivity index (χ2n) is 7.92. The minimum atomic E-state index is -3.72. The van der Waals surface area contributed by atoms with Crippen molar-refractivity contribution in [1.29, 1.82) is 0 Å². The third-order valence-corrected chi connectivity index (χ3v) is 7.13. The summed E-state index contributed by atoms with van der Waals surface area (Å²) >= 11 is 0. The number of nitrogens with zero attached hydrogens (tertiary/aromatic N) is 3. The summed E-state index contributed by atoms with van der Waals surface area (Å²) in [6.45, 7) is 4.39.